The Kier molecular flexibility index (Phi) is 2.39. The first-order valence-electron chi connectivity index (χ1n) is 3.72. The van der Waals surface area contributed by atoms with Crippen LogP contribution in [0.15, 0.2) is 0 Å². The molecule has 0 aromatic rings. The maximum absolute atomic E-state index is 10.9. The zero-order valence-electron chi connectivity index (χ0n) is 6.63. The van der Waals surface area contributed by atoms with Crippen molar-refractivity contribution >= 4 is 8.25 Å². The quantitative estimate of drug-likeness (QED) is 0.566. The van der Waals surface area contributed by atoms with Crippen LogP contribution >= 0.6 is 8.25 Å². The molecule has 2 aliphatic rings. The number of hydrogen-bond acceptors (Lipinski definition) is 5. The molecule has 0 aliphatic carbocycles. The van der Waals surface area contributed by atoms with Crippen molar-refractivity contribution in [2.24, 2.45) is 0 Å². The van der Waals surface area contributed by atoms with Crippen molar-refractivity contribution < 1.29 is 23.1 Å². The van der Waals surface area contributed by atoms with Crippen molar-refractivity contribution in [1.82, 2.24) is 0 Å². The predicted octanol–water partition coefficient (Wildman–Crippen LogP) is 0.473. The molecular weight excluding hydrogens is 183 g/mol. The standard InChI is InChI=1S/C6H10O5P/c1-8-4-2-9-5-3-10-12(7)11-6(4)5/h4-6H,2-3H2,1H3/q+1/t4-,5+,6+/m1/s1. The SMILES string of the molecule is CO[C@@H]1CO[C@H]2CO[P+](=O)O[C@H]21. The van der Waals surface area contributed by atoms with E-state index in [1.165, 1.54) is 0 Å². The zero-order chi connectivity index (χ0) is 8.55. The third-order valence-corrected chi connectivity index (χ3v) is 2.84. The number of methoxy groups -OCH3 is 1. The lowest BCUT2D eigenvalue weighted by Crippen LogP contribution is -2.37. The van der Waals surface area contributed by atoms with Gasteiger partial charge in [0.05, 0.1) is 6.61 Å². The Morgan fingerprint density at radius 2 is 2.33 bits per heavy atom. The summed E-state index contributed by atoms with van der Waals surface area (Å²) in [6.45, 7) is 0.818. The van der Waals surface area contributed by atoms with Gasteiger partial charge in [-0.2, -0.15) is 0 Å². The van der Waals surface area contributed by atoms with E-state index >= 15 is 0 Å². The number of rotatable bonds is 1. The molecule has 0 aromatic carbocycles. The van der Waals surface area contributed by atoms with Gasteiger partial charge < -0.3 is 9.47 Å². The van der Waals surface area contributed by atoms with Gasteiger partial charge in [-0.15, -0.1) is 9.05 Å². The summed E-state index contributed by atoms with van der Waals surface area (Å²) in [4.78, 5) is 0. The molecule has 0 bridgehead atoms. The fourth-order valence-electron chi connectivity index (χ4n) is 1.39. The second-order valence-electron chi connectivity index (χ2n) is 2.74. The van der Waals surface area contributed by atoms with Crippen molar-refractivity contribution in [3.8, 4) is 0 Å². The Balaban J connectivity index is 2.04. The highest BCUT2D eigenvalue weighted by molar-refractivity contribution is 7.33. The van der Waals surface area contributed by atoms with Crippen LogP contribution in [-0.4, -0.2) is 38.6 Å². The second-order valence-corrected chi connectivity index (χ2v) is 3.65. The molecule has 4 atom stereocenters. The lowest BCUT2D eigenvalue weighted by atomic mass is 10.1. The molecule has 0 radical (unpaired) electrons. The van der Waals surface area contributed by atoms with Crippen LogP contribution in [0.1, 0.15) is 0 Å². The van der Waals surface area contributed by atoms with Crippen LogP contribution in [0, 0.1) is 0 Å². The van der Waals surface area contributed by atoms with E-state index in [4.69, 9.17) is 18.5 Å². The monoisotopic (exact) mass is 193 g/mol. The summed E-state index contributed by atoms with van der Waals surface area (Å²) in [6.07, 6.45) is -0.465. The third kappa shape index (κ3) is 1.39. The number of fused-ring (bicyclic) bond motifs is 1. The molecule has 2 fully saturated rings. The first-order chi connectivity index (χ1) is 5.81. The van der Waals surface area contributed by atoms with Crippen LogP contribution in [0.3, 0.4) is 0 Å². The van der Waals surface area contributed by atoms with Gasteiger partial charge in [-0.05, 0) is 0 Å². The summed E-state index contributed by atoms with van der Waals surface area (Å²) < 4.78 is 31.1. The fraction of sp³-hybridized carbons (Fsp3) is 1.00. The van der Waals surface area contributed by atoms with Crippen molar-refractivity contribution in [2.45, 2.75) is 18.3 Å². The Morgan fingerprint density at radius 1 is 1.50 bits per heavy atom. The maximum atomic E-state index is 10.9. The topological polar surface area (TPSA) is 54.0 Å². The van der Waals surface area contributed by atoms with Gasteiger partial charge in [0.2, 0.25) is 0 Å². The van der Waals surface area contributed by atoms with E-state index < -0.39 is 8.25 Å². The smallest absolute Gasteiger partial charge is 0.376 e. The molecule has 2 saturated heterocycles. The summed E-state index contributed by atoms with van der Waals surface area (Å²) in [7, 11) is -0.380. The summed E-state index contributed by atoms with van der Waals surface area (Å²) in [5.41, 5.74) is 0. The van der Waals surface area contributed by atoms with Gasteiger partial charge in [0.1, 0.15) is 18.8 Å². The molecule has 0 N–H and O–H groups in total. The molecule has 0 saturated carbocycles. The van der Waals surface area contributed by atoms with Crippen LogP contribution in [0.5, 0.6) is 0 Å². The number of ether oxygens (including phenoxy) is 2. The Morgan fingerprint density at radius 3 is 3.08 bits per heavy atom. The Bertz CT molecular complexity index is 190. The van der Waals surface area contributed by atoms with Crippen molar-refractivity contribution in [2.75, 3.05) is 20.3 Å². The molecule has 6 heteroatoms. The maximum Gasteiger partial charge on any atom is 0.697 e. The highest BCUT2D eigenvalue weighted by atomic mass is 31.1. The lowest BCUT2D eigenvalue weighted by molar-refractivity contribution is -0.0290. The summed E-state index contributed by atoms with van der Waals surface area (Å²) in [5, 5.41) is 0. The second kappa shape index (κ2) is 3.36. The average molecular weight is 193 g/mol. The number of hydrogen-bond donors (Lipinski definition) is 0. The van der Waals surface area contributed by atoms with Gasteiger partial charge in [0.25, 0.3) is 0 Å². The lowest BCUT2D eigenvalue weighted by Gasteiger charge is -2.17. The van der Waals surface area contributed by atoms with E-state index in [0.29, 0.717) is 13.2 Å². The van der Waals surface area contributed by atoms with Crippen LogP contribution in [0.2, 0.25) is 0 Å². The zero-order valence-corrected chi connectivity index (χ0v) is 7.53. The van der Waals surface area contributed by atoms with E-state index in [2.05, 4.69) is 0 Å². The van der Waals surface area contributed by atoms with Gasteiger partial charge in [-0.3, -0.25) is 0 Å². The minimum atomic E-state index is -1.97. The summed E-state index contributed by atoms with van der Waals surface area (Å²) in [5.74, 6) is 0. The highest BCUT2D eigenvalue weighted by Gasteiger charge is 2.50. The van der Waals surface area contributed by atoms with Crippen molar-refractivity contribution in [3.05, 3.63) is 0 Å². The first-order valence-corrected chi connectivity index (χ1v) is 4.82. The molecule has 68 valence electrons. The van der Waals surface area contributed by atoms with E-state index in [-0.39, 0.29) is 18.3 Å². The minimum Gasteiger partial charge on any atom is -0.376 e. The normalized spacial score (nSPS) is 44.4. The fourth-order valence-corrected chi connectivity index (χ4v) is 2.19. The highest BCUT2D eigenvalue weighted by Crippen LogP contribution is 2.37. The third-order valence-electron chi connectivity index (χ3n) is 2.06. The molecule has 0 aromatic heterocycles. The predicted molar refractivity (Wildman–Crippen MR) is 39.0 cm³/mol. The van der Waals surface area contributed by atoms with Crippen molar-refractivity contribution in [1.29, 1.82) is 0 Å². The van der Waals surface area contributed by atoms with E-state index in [9.17, 15) is 4.57 Å². The molecule has 2 aliphatic heterocycles. The van der Waals surface area contributed by atoms with Crippen LogP contribution in [-0.2, 0) is 23.1 Å². The largest absolute Gasteiger partial charge is 0.697 e. The van der Waals surface area contributed by atoms with E-state index in [1.54, 1.807) is 7.11 Å². The van der Waals surface area contributed by atoms with Gasteiger partial charge in [-0.25, -0.2) is 0 Å². The van der Waals surface area contributed by atoms with Gasteiger partial charge in [0.15, 0.2) is 6.10 Å². The Labute approximate surface area is 70.9 Å². The Hall–Kier alpha value is -0.0600. The summed E-state index contributed by atoms with van der Waals surface area (Å²) in [6, 6.07) is 0. The average Bonchev–Trinajstić information content (AvgIpc) is 2.46. The molecular formula is C6H10O5P+. The molecule has 0 spiro atoms. The van der Waals surface area contributed by atoms with Gasteiger partial charge >= 0.3 is 8.25 Å². The first kappa shape index (κ1) is 8.53. The van der Waals surface area contributed by atoms with Crippen molar-refractivity contribution in [3.63, 3.8) is 0 Å². The molecule has 1 unspecified atom stereocenters. The van der Waals surface area contributed by atoms with Crippen LogP contribution in [0.4, 0.5) is 0 Å². The summed E-state index contributed by atoms with van der Waals surface area (Å²) >= 11 is 0. The van der Waals surface area contributed by atoms with E-state index in [1.807, 2.05) is 0 Å². The van der Waals surface area contributed by atoms with Gasteiger partial charge in [-0.1, -0.05) is 0 Å². The molecule has 12 heavy (non-hydrogen) atoms. The molecule has 2 rings (SSSR count). The molecule has 0 amide bonds. The molecule has 2 heterocycles. The van der Waals surface area contributed by atoms with Crippen LogP contribution in [0.25, 0.3) is 0 Å². The molecule has 5 nitrogen and oxygen atoms in total. The minimum absolute atomic E-state index is 0.113. The van der Waals surface area contributed by atoms with Gasteiger partial charge in [0, 0.05) is 11.7 Å². The van der Waals surface area contributed by atoms with Crippen LogP contribution < -0.4 is 0 Å². The van der Waals surface area contributed by atoms with E-state index in [0.717, 1.165) is 0 Å².